The zero-order valence-electron chi connectivity index (χ0n) is 33.1. The SMILES string of the molecule is CC1(C)c2ccccc2C2(c3ccccc3Oc3ccccc32)c2cccc(-c3cccc(-c4nc(-c5ccccc5)nc(-c5ccc6c(c5)sc5ccccc56)n4)c3)c21. The second-order valence-electron chi connectivity index (χ2n) is 16.3. The summed E-state index contributed by atoms with van der Waals surface area (Å²) in [5.41, 5.74) is 11.7. The van der Waals surface area contributed by atoms with Crippen molar-refractivity contribution in [2.24, 2.45) is 0 Å². The van der Waals surface area contributed by atoms with E-state index in [4.69, 9.17) is 19.7 Å². The summed E-state index contributed by atoms with van der Waals surface area (Å²) in [4.78, 5) is 15.5. The summed E-state index contributed by atoms with van der Waals surface area (Å²) in [7, 11) is 0. The Labute approximate surface area is 352 Å². The molecule has 2 aliphatic rings. The first-order valence-corrected chi connectivity index (χ1v) is 21.2. The molecule has 2 aromatic heterocycles. The van der Waals surface area contributed by atoms with E-state index in [2.05, 4.69) is 184 Å². The van der Waals surface area contributed by atoms with E-state index < -0.39 is 5.41 Å². The largest absolute Gasteiger partial charge is 0.457 e. The Morgan fingerprint density at radius 1 is 0.400 bits per heavy atom. The molecule has 0 amide bonds. The van der Waals surface area contributed by atoms with Gasteiger partial charge in [-0.05, 0) is 63.7 Å². The molecule has 0 unspecified atom stereocenters. The summed E-state index contributed by atoms with van der Waals surface area (Å²) >= 11 is 1.80. The zero-order valence-corrected chi connectivity index (χ0v) is 33.9. The van der Waals surface area contributed by atoms with E-state index in [1.165, 1.54) is 48.0 Å². The molecular formula is C55H37N3OS. The van der Waals surface area contributed by atoms with Gasteiger partial charge in [0.2, 0.25) is 0 Å². The summed E-state index contributed by atoms with van der Waals surface area (Å²) in [6.45, 7) is 4.75. The Bertz CT molecular complexity index is 3300. The number of para-hydroxylation sites is 2. The van der Waals surface area contributed by atoms with E-state index in [1.54, 1.807) is 11.3 Å². The van der Waals surface area contributed by atoms with E-state index in [0.29, 0.717) is 17.5 Å². The van der Waals surface area contributed by atoms with Crippen molar-refractivity contribution in [1.82, 2.24) is 15.0 Å². The molecule has 0 saturated heterocycles. The van der Waals surface area contributed by atoms with Crippen LogP contribution in [0.2, 0.25) is 0 Å². The third-order valence-corrected chi connectivity index (χ3v) is 13.8. The molecule has 1 aliphatic heterocycles. The van der Waals surface area contributed by atoms with Crippen molar-refractivity contribution in [1.29, 1.82) is 0 Å². The molecule has 1 aliphatic carbocycles. The van der Waals surface area contributed by atoms with Crippen LogP contribution in [0.3, 0.4) is 0 Å². The minimum Gasteiger partial charge on any atom is -0.457 e. The maximum Gasteiger partial charge on any atom is 0.164 e. The minimum atomic E-state index is -0.594. The highest BCUT2D eigenvalue weighted by Gasteiger charge is 2.53. The van der Waals surface area contributed by atoms with Crippen molar-refractivity contribution in [3.05, 3.63) is 221 Å². The maximum absolute atomic E-state index is 6.67. The molecule has 1 spiro atoms. The van der Waals surface area contributed by atoms with E-state index >= 15 is 0 Å². The molecule has 0 atom stereocenters. The topological polar surface area (TPSA) is 47.9 Å². The van der Waals surface area contributed by atoms with Gasteiger partial charge in [0.1, 0.15) is 11.5 Å². The number of ether oxygens (including phenoxy) is 1. The molecule has 0 fully saturated rings. The summed E-state index contributed by atoms with van der Waals surface area (Å²) in [5, 5.41) is 2.52. The zero-order chi connectivity index (χ0) is 40.0. The van der Waals surface area contributed by atoms with Crippen LogP contribution in [0.4, 0.5) is 0 Å². The van der Waals surface area contributed by atoms with Gasteiger partial charge in [-0.1, -0.05) is 172 Å². The smallest absolute Gasteiger partial charge is 0.164 e. The van der Waals surface area contributed by atoms with Crippen LogP contribution < -0.4 is 4.74 Å². The molecule has 4 nitrogen and oxygen atoms in total. The maximum atomic E-state index is 6.67. The summed E-state index contributed by atoms with van der Waals surface area (Å²) < 4.78 is 9.15. The molecule has 10 aromatic rings. The lowest BCUT2D eigenvalue weighted by atomic mass is 9.53. The monoisotopic (exact) mass is 787 g/mol. The van der Waals surface area contributed by atoms with Crippen LogP contribution in [-0.2, 0) is 10.8 Å². The predicted octanol–water partition coefficient (Wildman–Crippen LogP) is 14.0. The van der Waals surface area contributed by atoms with Crippen LogP contribution in [-0.4, -0.2) is 15.0 Å². The predicted molar refractivity (Wildman–Crippen MR) is 245 cm³/mol. The van der Waals surface area contributed by atoms with Crippen LogP contribution in [0.5, 0.6) is 11.5 Å². The van der Waals surface area contributed by atoms with Crippen LogP contribution in [0.15, 0.2) is 188 Å². The number of fused-ring (bicyclic) bond motifs is 11. The van der Waals surface area contributed by atoms with Crippen LogP contribution in [0.1, 0.15) is 47.2 Å². The fourth-order valence-electron chi connectivity index (χ4n) is 10.0. The lowest BCUT2D eigenvalue weighted by molar-refractivity contribution is 0.425. The average Bonchev–Trinajstić information content (AvgIpc) is 3.68. The van der Waals surface area contributed by atoms with Gasteiger partial charge in [0.05, 0.1) is 5.41 Å². The van der Waals surface area contributed by atoms with Gasteiger partial charge >= 0.3 is 0 Å². The van der Waals surface area contributed by atoms with Crippen molar-refractivity contribution >= 4 is 31.5 Å². The van der Waals surface area contributed by atoms with E-state index in [9.17, 15) is 0 Å². The fraction of sp³-hybridized carbons (Fsp3) is 0.0727. The number of benzene rings is 8. The number of nitrogens with zero attached hydrogens (tertiary/aromatic N) is 3. The highest BCUT2D eigenvalue weighted by Crippen LogP contribution is 2.62. The first-order valence-electron chi connectivity index (χ1n) is 20.4. The summed E-state index contributed by atoms with van der Waals surface area (Å²) in [5.74, 6) is 3.70. The van der Waals surface area contributed by atoms with Crippen LogP contribution in [0.25, 0.3) is 65.5 Å². The number of hydrogen-bond acceptors (Lipinski definition) is 5. The van der Waals surface area contributed by atoms with Crippen molar-refractivity contribution in [3.8, 4) is 56.8 Å². The standard InChI is InChI=1S/C55H37N3OS/c1-54(2)41-22-7-8-23-42(41)55(43-24-9-11-27-46(43)59-47-28-12-10-25-44(47)55)45-26-15-21-38(50(45)54)35-18-14-19-36(32-35)52-56-51(34-16-4-3-5-17-34)57-53(58-52)37-30-31-40-39-20-6-13-29-48(39)60-49(40)33-37/h3-33H,1-2H3. The Morgan fingerprint density at radius 3 is 1.68 bits per heavy atom. The number of hydrogen-bond donors (Lipinski definition) is 0. The second kappa shape index (κ2) is 13.2. The lowest BCUT2D eigenvalue weighted by Crippen LogP contribution is -2.43. The van der Waals surface area contributed by atoms with Crippen LogP contribution in [0, 0.1) is 0 Å². The summed E-state index contributed by atoms with van der Waals surface area (Å²) in [6, 6.07) is 67.1. The molecule has 12 rings (SSSR count). The van der Waals surface area contributed by atoms with Gasteiger partial charge < -0.3 is 4.74 Å². The molecule has 3 heterocycles. The van der Waals surface area contributed by atoms with Gasteiger partial charge in [-0.15, -0.1) is 11.3 Å². The molecule has 0 saturated carbocycles. The first kappa shape index (κ1) is 34.8. The van der Waals surface area contributed by atoms with Crippen molar-refractivity contribution < 1.29 is 4.74 Å². The molecule has 284 valence electrons. The van der Waals surface area contributed by atoms with Gasteiger partial charge in [-0.2, -0.15) is 0 Å². The van der Waals surface area contributed by atoms with Gasteiger partial charge in [-0.3, -0.25) is 0 Å². The van der Waals surface area contributed by atoms with Crippen molar-refractivity contribution in [3.63, 3.8) is 0 Å². The van der Waals surface area contributed by atoms with Crippen molar-refractivity contribution in [2.45, 2.75) is 24.7 Å². The Hall–Kier alpha value is -7.21. The normalized spacial score (nSPS) is 14.2. The number of thiophene rings is 1. The molecule has 60 heavy (non-hydrogen) atoms. The molecular weight excluding hydrogens is 751 g/mol. The molecule has 0 bridgehead atoms. The lowest BCUT2D eigenvalue weighted by Gasteiger charge is -2.50. The van der Waals surface area contributed by atoms with E-state index in [-0.39, 0.29) is 5.41 Å². The van der Waals surface area contributed by atoms with Crippen molar-refractivity contribution in [2.75, 3.05) is 0 Å². The minimum absolute atomic E-state index is 0.335. The third kappa shape index (κ3) is 5.06. The average molecular weight is 788 g/mol. The molecule has 5 heteroatoms. The highest BCUT2D eigenvalue weighted by molar-refractivity contribution is 7.25. The highest BCUT2D eigenvalue weighted by atomic mass is 32.1. The Morgan fingerprint density at radius 2 is 0.933 bits per heavy atom. The summed E-state index contributed by atoms with van der Waals surface area (Å²) in [6.07, 6.45) is 0. The fourth-order valence-corrected chi connectivity index (χ4v) is 11.2. The van der Waals surface area contributed by atoms with Gasteiger partial charge in [0.15, 0.2) is 17.5 Å². The Balaban J connectivity index is 1.07. The van der Waals surface area contributed by atoms with E-state index in [1.807, 2.05) is 18.2 Å². The Kier molecular flexibility index (Phi) is 7.63. The third-order valence-electron chi connectivity index (χ3n) is 12.6. The second-order valence-corrected chi connectivity index (χ2v) is 17.4. The van der Waals surface area contributed by atoms with Gasteiger partial charge in [0, 0.05) is 53.4 Å². The number of rotatable bonds is 4. The van der Waals surface area contributed by atoms with Crippen LogP contribution >= 0.6 is 11.3 Å². The number of aromatic nitrogens is 3. The van der Waals surface area contributed by atoms with Gasteiger partial charge in [-0.25, -0.2) is 15.0 Å². The first-order chi connectivity index (χ1) is 29.5. The molecule has 0 N–H and O–H groups in total. The molecule has 8 aromatic carbocycles. The quantitative estimate of drug-likeness (QED) is 0.178. The van der Waals surface area contributed by atoms with Gasteiger partial charge in [0.25, 0.3) is 0 Å². The van der Waals surface area contributed by atoms with E-state index in [0.717, 1.165) is 44.9 Å². The molecule has 0 radical (unpaired) electrons.